The summed E-state index contributed by atoms with van der Waals surface area (Å²) in [6.07, 6.45) is 0.600. The maximum absolute atomic E-state index is 11.8. The lowest BCUT2D eigenvalue weighted by Crippen LogP contribution is -2.32. The largest absolute Gasteiger partial charge is 0.326 e. The molecule has 1 fully saturated rings. The van der Waals surface area contributed by atoms with E-state index in [4.69, 9.17) is 5.73 Å². The van der Waals surface area contributed by atoms with Crippen molar-refractivity contribution in [3.05, 3.63) is 29.8 Å². The van der Waals surface area contributed by atoms with Gasteiger partial charge in [-0.2, -0.15) is 0 Å². The zero-order valence-electron chi connectivity index (χ0n) is 11.1. The molecule has 20 heavy (non-hydrogen) atoms. The SMILES string of the molecule is NCc1cccc(NC(=O)CCN2C(=O)CCC2=O)c1. The molecular formula is C14H17N3O3. The molecule has 0 atom stereocenters. The lowest BCUT2D eigenvalue weighted by molar-refractivity contribution is -0.138. The van der Waals surface area contributed by atoms with E-state index in [1.165, 1.54) is 0 Å². The van der Waals surface area contributed by atoms with Gasteiger partial charge in [0.1, 0.15) is 0 Å². The first-order valence-corrected chi connectivity index (χ1v) is 6.52. The van der Waals surface area contributed by atoms with Crippen LogP contribution >= 0.6 is 0 Å². The van der Waals surface area contributed by atoms with E-state index in [1.54, 1.807) is 12.1 Å². The topological polar surface area (TPSA) is 92.5 Å². The van der Waals surface area contributed by atoms with Crippen LogP contribution in [0.5, 0.6) is 0 Å². The minimum Gasteiger partial charge on any atom is -0.326 e. The third kappa shape index (κ3) is 3.42. The highest BCUT2D eigenvalue weighted by molar-refractivity contribution is 6.02. The maximum atomic E-state index is 11.8. The number of imide groups is 1. The number of nitrogens with two attached hydrogens (primary N) is 1. The van der Waals surface area contributed by atoms with Crippen molar-refractivity contribution >= 4 is 23.4 Å². The van der Waals surface area contributed by atoms with Crippen molar-refractivity contribution in [1.82, 2.24) is 4.90 Å². The minimum atomic E-state index is -0.230. The van der Waals surface area contributed by atoms with Crippen molar-refractivity contribution in [2.24, 2.45) is 5.73 Å². The van der Waals surface area contributed by atoms with Crippen molar-refractivity contribution < 1.29 is 14.4 Å². The molecule has 1 aliphatic rings. The van der Waals surface area contributed by atoms with E-state index in [2.05, 4.69) is 5.32 Å². The van der Waals surface area contributed by atoms with Crippen LogP contribution in [-0.2, 0) is 20.9 Å². The monoisotopic (exact) mass is 275 g/mol. The summed E-state index contributed by atoms with van der Waals surface area (Å²) in [4.78, 5) is 35.7. The van der Waals surface area contributed by atoms with Crippen LogP contribution in [-0.4, -0.2) is 29.2 Å². The van der Waals surface area contributed by atoms with E-state index >= 15 is 0 Å². The van der Waals surface area contributed by atoms with Crippen molar-refractivity contribution in [2.45, 2.75) is 25.8 Å². The summed E-state index contributed by atoms with van der Waals surface area (Å²) in [6, 6.07) is 7.25. The van der Waals surface area contributed by atoms with Crippen LogP contribution in [0.1, 0.15) is 24.8 Å². The lowest BCUT2D eigenvalue weighted by Gasteiger charge is -2.13. The predicted molar refractivity (Wildman–Crippen MR) is 73.5 cm³/mol. The number of nitrogens with one attached hydrogen (secondary N) is 1. The fourth-order valence-electron chi connectivity index (χ4n) is 2.09. The Labute approximate surface area is 116 Å². The van der Waals surface area contributed by atoms with Gasteiger partial charge in [0.05, 0.1) is 0 Å². The molecule has 0 bridgehead atoms. The number of rotatable bonds is 5. The summed E-state index contributed by atoms with van der Waals surface area (Å²) < 4.78 is 0. The minimum absolute atomic E-state index is 0.102. The van der Waals surface area contributed by atoms with Crippen molar-refractivity contribution in [3.63, 3.8) is 0 Å². The molecule has 0 unspecified atom stereocenters. The van der Waals surface area contributed by atoms with Crippen LogP contribution in [0.3, 0.4) is 0 Å². The van der Waals surface area contributed by atoms with Gasteiger partial charge in [-0.3, -0.25) is 19.3 Å². The van der Waals surface area contributed by atoms with Crippen molar-refractivity contribution in [2.75, 3.05) is 11.9 Å². The van der Waals surface area contributed by atoms with Gasteiger partial charge in [0, 0.05) is 38.0 Å². The Balaban J connectivity index is 1.86. The predicted octanol–water partition coefficient (Wildman–Crippen LogP) is 0.623. The molecule has 1 aromatic rings. The molecule has 2 rings (SSSR count). The van der Waals surface area contributed by atoms with E-state index < -0.39 is 0 Å². The Morgan fingerprint density at radius 1 is 1.25 bits per heavy atom. The van der Waals surface area contributed by atoms with Gasteiger partial charge in [0.15, 0.2) is 0 Å². The molecule has 3 amide bonds. The quantitative estimate of drug-likeness (QED) is 0.771. The standard InChI is InChI=1S/C14H17N3O3/c15-9-10-2-1-3-11(8-10)16-12(18)6-7-17-13(19)4-5-14(17)20/h1-3,8H,4-7,9,15H2,(H,16,18). The summed E-state index contributed by atoms with van der Waals surface area (Å²) in [7, 11) is 0. The lowest BCUT2D eigenvalue weighted by atomic mass is 10.2. The Morgan fingerprint density at radius 3 is 2.60 bits per heavy atom. The molecule has 6 heteroatoms. The summed E-state index contributed by atoms with van der Waals surface area (Å²) in [5.41, 5.74) is 7.11. The van der Waals surface area contributed by atoms with E-state index in [1.807, 2.05) is 12.1 Å². The number of nitrogens with zero attached hydrogens (tertiary/aromatic N) is 1. The van der Waals surface area contributed by atoms with Crippen LogP contribution in [0.15, 0.2) is 24.3 Å². The Bertz CT molecular complexity index is 526. The van der Waals surface area contributed by atoms with Crippen LogP contribution in [0.25, 0.3) is 0 Å². The average Bonchev–Trinajstić information content (AvgIpc) is 2.76. The molecule has 6 nitrogen and oxygen atoms in total. The van der Waals surface area contributed by atoms with Gasteiger partial charge in [0.25, 0.3) is 0 Å². The van der Waals surface area contributed by atoms with Crippen LogP contribution in [0, 0.1) is 0 Å². The number of carbonyl (C=O) groups is 3. The van der Waals surface area contributed by atoms with Gasteiger partial charge < -0.3 is 11.1 Å². The normalized spacial score (nSPS) is 14.8. The molecule has 0 saturated carbocycles. The first-order valence-electron chi connectivity index (χ1n) is 6.52. The third-order valence-corrected chi connectivity index (χ3v) is 3.16. The summed E-state index contributed by atoms with van der Waals surface area (Å²) >= 11 is 0. The second-order valence-electron chi connectivity index (χ2n) is 4.64. The fraction of sp³-hybridized carbons (Fsp3) is 0.357. The Kier molecular flexibility index (Phi) is 4.47. The van der Waals surface area contributed by atoms with Gasteiger partial charge in [-0.05, 0) is 17.7 Å². The van der Waals surface area contributed by atoms with Crippen molar-refractivity contribution in [3.8, 4) is 0 Å². The van der Waals surface area contributed by atoms with E-state index in [-0.39, 0.29) is 43.5 Å². The molecule has 1 aromatic carbocycles. The molecule has 1 aliphatic heterocycles. The van der Waals surface area contributed by atoms with Crippen LogP contribution in [0.2, 0.25) is 0 Å². The second kappa shape index (κ2) is 6.29. The zero-order valence-corrected chi connectivity index (χ0v) is 11.1. The van der Waals surface area contributed by atoms with E-state index in [0.717, 1.165) is 10.5 Å². The molecule has 3 N–H and O–H groups in total. The number of likely N-dealkylation sites (tertiary alicyclic amines) is 1. The van der Waals surface area contributed by atoms with Gasteiger partial charge in [-0.25, -0.2) is 0 Å². The summed E-state index contributed by atoms with van der Waals surface area (Å²) in [6.45, 7) is 0.542. The zero-order chi connectivity index (χ0) is 14.5. The molecule has 106 valence electrons. The van der Waals surface area contributed by atoms with Gasteiger partial charge in [-0.1, -0.05) is 12.1 Å². The average molecular weight is 275 g/mol. The number of benzene rings is 1. The Hall–Kier alpha value is -2.21. The second-order valence-corrected chi connectivity index (χ2v) is 4.64. The first-order chi connectivity index (χ1) is 9.60. The molecule has 0 spiro atoms. The van der Waals surface area contributed by atoms with E-state index in [0.29, 0.717) is 12.2 Å². The molecule has 0 radical (unpaired) electrons. The molecule has 0 aromatic heterocycles. The molecule has 1 saturated heterocycles. The smallest absolute Gasteiger partial charge is 0.229 e. The van der Waals surface area contributed by atoms with Gasteiger partial charge >= 0.3 is 0 Å². The number of hydrogen-bond acceptors (Lipinski definition) is 4. The molecule has 1 heterocycles. The third-order valence-electron chi connectivity index (χ3n) is 3.16. The summed E-state index contributed by atoms with van der Waals surface area (Å²) in [5.74, 6) is -0.632. The van der Waals surface area contributed by atoms with Crippen LogP contribution in [0.4, 0.5) is 5.69 Å². The number of hydrogen-bond donors (Lipinski definition) is 2. The highest BCUT2D eigenvalue weighted by Crippen LogP contribution is 2.13. The number of carbonyl (C=O) groups excluding carboxylic acids is 3. The molecular weight excluding hydrogens is 258 g/mol. The first kappa shape index (κ1) is 14.2. The highest BCUT2D eigenvalue weighted by Gasteiger charge is 2.28. The van der Waals surface area contributed by atoms with E-state index in [9.17, 15) is 14.4 Å². The molecule has 0 aliphatic carbocycles. The summed E-state index contributed by atoms with van der Waals surface area (Å²) in [5, 5.41) is 2.73. The van der Waals surface area contributed by atoms with Crippen molar-refractivity contribution in [1.29, 1.82) is 0 Å². The van der Waals surface area contributed by atoms with Crippen LogP contribution < -0.4 is 11.1 Å². The number of anilines is 1. The maximum Gasteiger partial charge on any atom is 0.229 e. The Morgan fingerprint density at radius 2 is 1.95 bits per heavy atom. The van der Waals surface area contributed by atoms with Gasteiger partial charge in [0.2, 0.25) is 17.7 Å². The highest BCUT2D eigenvalue weighted by atomic mass is 16.2. The fourth-order valence-corrected chi connectivity index (χ4v) is 2.09. The van der Waals surface area contributed by atoms with Gasteiger partial charge in [-0.15, -0.1) is 0 Å². The number of amides is 3.